The van der Waals surface area contributed by atoms with Gasteiger partial charge >= 0.3 is 5.97 Å². The fourth-order valence-electron chi connectivity index (χ4n) is 1.94. The van der Waals surface area contributed by atoms with Gasteiger partial charge in [0.2, 0.25) is 0 Å². The molecule has 0 heterocycles. The van der Waals surface area contributed by atoms with Crippen molar-refractivity contribution in [2.24, 2.45) is 5.92 Å². The Morgan fingerprint density at radius 3 is 2.17 bits per heavy atom. The first-order chi connectivity index (χ1) is 8.66. The fourth-order valence-corrected chi connectivity index (χ4v) is 1.94. The molecule has 0 rings (SSSR count). The summed E-state index contributed by atoms with van der Waals surface area (Å²) in [5.41, 5.74) is 0. The average molecular weight is 256 g/mol. The summed E-state index contributed by atoms with van der Waals surface area (Å²) < 4.78 is 5.16. The van der Waals surface area contributed by atoms with Crippen LogP contribution in [0, 0.1) is 5.92 Å². The lowest BCUT2D eigenvalue weighted by Crippen LogP contribution is -2.05. The normalized spacial score (nSPS) is 10.9. The molecule has 0 aliphatic rings. The topological polar surface area (TPSA) is 26.3 Å². The molecule has 0 bridgehead atoms. The number of hydrogen-bond acceptors (Lipinski definition) is 2. The molecule has 2 heteroatoms. The van der Waals surface area contributed by atoms with E-state index in [1.54, 1.807) is 0 Å². The minimum absolute atomic E-state index is 0.0196. The summed E-state index contributed by atoms with van der Waals surface area (Å²) in [5, 5.41) is 0. The van der Waals surface area contributed by atoms with Crippen LogP contribution in [0.3, 0.4) is 0 Å². The van der Waals surface area contributed by atoms with E-state index in [0.717, 1.165) is 25.2 Å². The van der Waals surface area contributed by atoms with Gasteiger partial charge in [0.05, 0.1) is 6.61 Å². The predicted molar refractivity (Wildman–Crippen MR) is 77.6 cm³/mol. The van der Waals surface area contributed by atoms with Crippen LogP contribution in [0.25, 0.3) is 0 Å². The van der Waals surface area contributed by atoms with Crippen LogP contribution in [-0.4, -0.2) is 12.6 Å². The monoisotopic (exact) mass is 256 g/mol. The molecule has 0 amide bonds. The highest BCUT2D eigenvalue weighted by molar-refractivity contribution is 5.69. The number of carbonyl (C=O) groups is 1. The minimum atomic E-state index is -0.0196. The zero-order valence-electron chi connectivity index (χ0n) is 12.7. The van der Waals surface area contributed by atoms with Gasteiger partial charge in [-0.1, -0.05) is 65.7 Å². The van der Waals surface area contributed by atoms with Crippen molar-refractivity contribution < 1.29 is 9.53 Å². The third-order valence-electron chi connectivity index (χ3n) is 3.17. The second kappa shape index (κ2) is 12.9. The Bertz CT molecular complexity index is 188. The summed E-state index contributed by atoms with van der Waals surface area (Å²) >= 11 is 0. The molecule has 0 N–H and O–H groups in total. The van der Waals surface area contributed by atoms with Crippen molar-refractivity contribution in [3.63, 3.8) is 0 Å². The van der Waals surface area contributed by atoms with Gasteiger partial charge < -0.3 is 4.74 Å². The molecule has 0 saturated carbocycles. The Balaban J connectivity index is 3.09. The first-order valence-electron chi connectivity index (χ1n) is 7.82. The first-order valence-corrected chi connectivity index (χ1v) is 7.82. The third kappa shape index (κ3) is 13.5. The number of esters is 1. The Hall–Kier alpha value is -0.530. The molecule has 0 fully saturated rings. The minimum Gasteiger partial charge on any atom is -0.466 e. The Kier molecular flexibility index (Phi) is 12.5. The zero-order valence-corrected chi connectivity index (χ0v) is 12.7. The van der Waals surface area contributed by atoms with Crippen LogP contribution in [0.15, 0.2) is 0 Å². The SMILES string of the molecule is CCCCC(=O)OCCCCCCCCC(C)C. The van der Waals surface area contributed by atoms with Crippen molar-refractivity contribution in [3.05, 3.63) is 0 Å². The van der Waals surface area contributed by atoms with Crippen LogP contribution in [-0.2, 0) is 9.53 Å². The standard InChI is InChI=1S/C16H32O2/c1-4-5-13-16(17)18-14-11-9-7-6-8-10-12-15(2)3/h15H,4-14H2,1-3H3. The Labute approximate surface area is 113 Å². The lowest BCUT2D eigenvalue weighted by Gasteiger charge is -2.05. The van der Waals surface area contributed by atoms with Crippen LogP contribution in [0.2, 0.25) is 0 Å². The summed E-state index contributed by atoms with van der Waals surface area (Å²) in [7, 11) is 0. The molecular weight excluding hydrogens is 224 g/mol. The highest BCUT2D eigenvalue weighted by Gasteiger charge is 2.01. The molecule has 0 aliphatic heterocycles. The van der Waals surface area contributed by atoms with Crippen molar-refractivity contribution in [3.8, 4) is 0 Å². The quantitative estimate of drug-likeness (QED) is 0.358. The van der Waals surface area contributed by atoms with Crippen molar-refractivity contribution in [1.29, 1.82) is 0 Å². The molecule has 0 saturated heterocycles. The molecule has 2 nitrogen and oxygen atoms in total. The third-order valence-corrected chi connectivity index (χ3v) is 3.17. The number of hydrogen-bond donors (Lipinski definition) is 0. The van der Waals surface area contributed by atoms with Gasteiger partial charge in [-0.15, -0.1) is 0 Å². The van der Waals surface area contributed by atoms with E-state index in [4.69, 9.17) is 4.74 Å². The largest absolute Gasteiger partial charge is 0.466 e. The van der Waals surface area contributed by atoms with Crippen LogP contribution in [0.5, 0.6) is 0 Å². The van der Waals surface area contributed by atoms with Crippen LogP contribution in [0.4, 0.5) is 0 Å². The molecule has 108 valence electrons. The van der Waals surface area contributed by atoms with E-state index in [-0.39, 0.29) is 5.97 Å². The van der Waals surface area contributed by atoms with E-state index in [1.807, 2.05) is 0 Å². The maximum Gasteiger partial charge on any atom is 0.305 e. The Morgan fingerprint density at radius 2 is 1.56 bits per heavy atom. The van der Waals surface area contributed by atoms with E-state index in [2.05, 4.69) is 20.8 Å². The molecule has 0 radical (unpaired) electrons. The van der Waals surface area contributed by atoms with Gasteiger partial charge in [0.15, 0.2) is 0 Å². The van der Waals surface area contributed by atoms with E-state index in [9.17, 15) is 4.79 Å². The molecule has 0 unspecified atom stereocenters. The molecule has 0 aromatic rings. The number of carbonyl (C=O) groups excluding carboxylic acids is 1. The van der Waals surface area contributed by atoms with E-state index < -0.39 is 0 Å². The second-order valence-corrected chi connectivity index (χ2v) is 5.63. The van der Waals surface area contributed by atoms with Crippen LogP contribution in [0.1, 0.15) is 85.0 Å². The fraction of sp³-hybridized carbons (Fsp3) is 0.938. The van der Waals surface area contributed by atoms with Gasteiger partial charge in [-0.25, -0.2) is 0 Å². The van der Waals surface area contributed by atoms with Gasteiger partial charge in [-0.2, -0.15) is 0 Å². The van der Waals surface area contributed by atoms with E-state index >= 15 is 0 Å². The van der Waals surface area contributed by atoms with E-state index in [1.165, 1.54) is 38.5 Å². The first kappa shape index (κ1) is 17.5. The van der Waals surface area contributed by atoms with Crippen molar-refractivity contribution in [1.82, 2.24) is 0 Å². The summed E-state index contributed by atoms with van der Waals surface area (Å²) in [6.45, 7) is 7.28. The summed E-state index contributed by atoms with van der Waals surface area (Å²) in [5.74, 6) is 0.821. The second-order valence-electron chi connectivity index (χ2n) is 5.63. The van der Waals surface area contributed by atoms with Gasteiger partial charge in [-0.3, -0.25) is 4.79 Å². The average Bonchev–Trinajstić information content (AvgIpc) is 2.34. The summed E-state index contributed by atoms with van der Waals surface area (Å²) in [4.78, 5) is 11.2. The molecular formula is C16H32O2. The maximum absolute atomic E-state index is 11.2. The molecule has 18 heavy (non-hydrogen) atoms. The highest BCUT2D eigenvalue weighted by atomic mass is 16.5. The smallest absolute Gasteiger partial charge is 0.305 e. The highest BCUT2D eigenvalue weighted by Crippen LogP contribution is 2.11. The summed E-state index contributed by atoms with van der Waals surface area (Å²) in [6, 6.07) is 0. The molecule has 0 aromatic heterocycles. The predicted octanol–water partition coefficient (Wildman–Crippen LogP) is 5.11. The lowest BCUT2D eigenvalue weighted by molar-refractivity contribution is -0.143. The van der Waals surface area contributed by atoms with Gasteiger partial charge in [0.1, 0.15) is 0 Å². The van der Waals surface area contributed by atoms with Crippen molar-refractivity contribution in [2.75, 3.05) is 6.61 Å². The molecule has 0 spiro atoms. The number of rotatable bonds is 12. The molecule has 0 aliphatic carbocycles. The number of ether oxygens (including phenoxy) is 1. The van der Waals surface area contributed by atoms with Crippen LogP contribution < -0.4 is 0 Å². The number of unbranched alkanes of at least 4 members (excludes halogenated alkanes) is 6. The lowest BCUT2D eigenvalue weighted by atomic mass is 10.0. The summed E-state index contributed by atoms with van der Waals surface area (Å²) in [6.07, 6.45) is 11.5. The van der Waals surface area contributed by atoms with Crippen LogP contribution >= 0.6 is 0 Å². The van der Waals surface area contributed by atoms with Crippen molar-refractivity contribution in [2.45, 2.75) is 85.0 Å². The zero-order chi connectivity index (χ0) is 13.6. The van der Waals surface area contributed by atoms with Crippen molar-refractivity contribution >= 4 is 5.97 Å². The maximum atomic E-state index is 11.2. The molecule has 0 aromatic carbocycles. The van der Waals surface area contributed by atoms with Gasteiger partial charge in [0, 0.05) is 6.42 Å². The Morgan fingerprint density at radius 1 is 0.944 bits per heavy atom. The van der Waals surface area contributed by atoms with Gasteiger partial charge in [0.25, 0.3) is 0 Å². The van der Waals surface area contributed by atoms with E-state index in [0.29, 0.717) is 13.0 Å². The van der Waals surface area contributed by atoms with Gasteiger partial charge in [-0.05, 0) is 18.8 Å². The molecule has 0 atom stereocenters.